The molecule has 1 aromatic rings. The first kappa shape index (κ1) is 9.75. The fourth-order valence-electron chi connectivity index (χ4n) is 0.937. The lowest BCUT2D eigenvalue weighted by Gasteiger charge is -2.02. The van der Waals surface area contributed by atoms with Crippen LogP contribution in [0.1, 0.15) is 15.9 Å². The average molecular weight is 238 g/mol. The Balaban J connectivity index is 3.20. The highest BCUT2D eigenvalue weighted by Gasteiger charge is 2.07. The van der Waals surface area contributed by atoms with Crippen LogP contribution >= 0.6 is 15.9 Å². The summed E-state index contributed by atoms with van der Waals surface area (Å²) in [5.41, 5.74) is 6.01. The monoisotopic (exact) mass is 237 g/mol. The van der Waals surface area contributed by atoms with Crippen molar-refractivity contribution in [3.05, 3.63) is 40.2 Å². The summed E-state index contributed by atoms with van der Waals surface area (Å²) < 4.78 is 0.761. The second-order valence-electron chi connectivity index (χ2n) is 2.37. The van der Waals surface area contributed by atoms with Crippen LogP contribution in [0.3, 0.4) is 0 Å². The largest absolute Gasteiger partial charge is 0.366 e. The molecule has 65 valence electrons. The summed E-state index contributed by atoms with van der Waals surface area (Å²) >= 11 is 3.21. The Hall–Kier alpha value is -1.34. The van der Waals surface area contributed by atoms with E-state index in [9.17, 15) is 4.79 Å². The number of hydrogen-bond donors (Lipinski definition) is 1. The van der Waals surface area contributed by atoms with Crippen molar-refractivity contribution in [1.29, 1.82) is 5.26 Å². The van der Waals surface area contributed by atoms with Gasteiger partial charge >= 0.3 is 0 Å². The van der Waals surface area contributed by atoms with Crippen LogP contribution in [-0.2, 0) is 0 Å². The minimum absolute atomic E-state index is 0.343. The predicted molar refractivity (Wildman–Crippen MR) is 51.7 cm³/mol. The summed E-state index contributed by atoms with van der Waals surface area (Å²) in [6.45, 7) is 0. The molecule has 0 aliphatic heterocycles. The fraction of sp³-hybridized carbons (Fsp3) is 0. The molecule has 0 saturated heterocycles. The van der Waals surface area contributed by atoms with Gasteiger partial charge in [-0.3, -0.25) is 4.79 Å². The molecule has 0 saturated carbocycles. The molecule has 2 N–H and O–H groups in total. The Kier molecular flexibility index (Phi) is 3.04. The van der Waals surface area contributed by atoms with Gasteiger partial charge in [0.1, 0.15) is 0 Å². The van der Waals surface area contributed by atoms with Gasteiger partial charge in [-0.15, -0.1) is 0 Å². The molecule has 1 rings (SSSR count). The third-order valence-electron chi connectivity index (χ3n) is 1.50. The quantitative estimate of drug-likeness (QED) is 0.850. The van der Waals surface area contributed by atoms with Gasteiger partial charge in [-0.25, -0.2) is 0 Å². The van der Waals surface area contributed by atoms with E-state index in [1.54, 1.807) is 18.2 Å². The Morgan fingerprint density at radius 2 is 2.31 bits per heavy atom. The van der Waals surface area contributed by atoms with E-state index in [0.29, 0.717) is 11.1 Å². The number of halogens is 1. The topological polar surface area (TPSA) is 66.9 Å². The Morgan fingerprint density at radius 1 is 1.62 bits per heavy atom. The molecule has 0 aromatic heterocycles. The van der Waals surface area contributed by atoms with Crippen molar-refractivity contribution in [2.75, 3.05) is 0 Å². The van der Waals surface area contributed by atoms with E-state index in [0.717, 1.165) is 4.47 Å². The normalized spacial score (nSPS) is 9.23. The van der Waals surface area contributed by atoms with Gasteiger partial charge in [0.05, 0.1) is 12.5 Å². The van der Waals surface area contributed by atoms with Crippen LogP contribution in [0.15, 0.2) is 22.7 Å². The van der Waals surface area contributed by atoms with Crippen LogP contribution in [0.2, 0.25) is 0 Å². The summed E-state index contributed by atoms with van der Waals surface area (Å²) in [6.07, 6.45) is 1.28. The van der Waals surface area contributed by atoms with Gasteiger partial charge in [0, 0.05) is 10.0 Å². The number of nitriles is 1. The minimum Gasteiger partial charge on any atom is -0.366 e. The molecule has 3 nitrogen and oxygen atoms in total. The fourth-order valence-corrected chi connectivity index (χ4v) is 1.30. The smallest absolute Gasteiger partial charge is 0.249 e. The zero-order chi connectivity index (χ0) is 9.84. The third-order valence-corrected chi connectivity index (χ3v) is 1.99. The van der Waals surface area contributed by atoms with Gasteiger partial charge in [-0.2, -0.15) is 5.26 Å². The van der Waals surface area contributed by atoms with Crippen molar-refractivity contribution >= 4 is 21.8 Å². The number of nitrogens with two attached hydrogens (primary N) is 1. The first-order valence-corrected chi connectivity index (χ1v) is 4.26. The first-order valence-electron chi connectivity index (χ1n) is 3.47. The lowest BCUT2D eigenvalue weighted by Crippen LogP contribution is -2.13. The molecule has 1 radical (unpaired) electrons. The van der Waals surface area contributed by atoms with Crippen molar-refractivity contribution in [2.24, 2.45) is 5.73 Å². The van der Waals surface area contributed by atoms with Crippen LogP contribution in [0.5, 0.6) is 0 Å². The number of amides is 1. The highest BCUT2D eigenvalue weighted by atomic mass is 79.9. The van der Waals surface area contributed by atoms with Gasteiger partial charge < -0.3 is 5.73 Å². The summed E-state index contributed by atoms with van der Waals surface area (Å²) in [6, 6.07) is 6.85. The van der Waals surface area contributed by atoms with Gasteiger partial charge in [0.2, 0.25) is 5.91 Å². The maximum atomic E-state index is 10.9. The maximum absolute atomic E-state index is 10.9. The van der Waals surface area contributed by atoms with Gasteiger partial charge in [-0.05, 0) is 17.7 Å². The standard InChI is InChI=1S/C9H6BrN2O/c10-7-2-1-6(3-4-11)8(5-7)9(12)13/h1-3,5H,(H2,12,13). The molecule has 0 spiro atoms. The van der Waals surface area contributed by atoms with Gasteiger partial charge in [0.15, 0.2) is 0 Å². The second-order valence-corrected chi connectivity index (χ2v) is 3.28. The first-order chi connectivity index (χ1) is 6.15. The lowest BCUT2D eigenvalue weighted by molar-refractivity contribution is 0.1000. The van der Waals surface area contributed by atoms with Crippen LogP contribution in [-0.4, -0.2) is 5.91 Å². The highest BCUT2D eigenvalue weighted by molar-refractivity contribution is 9.10. The molecule has 1 aromatic carbocycles. The van der Waals surface area contributed by atoms with Crippen molar-refractivity contribution in [3.8, 4) is 6.07 Å². The van der Waals surface area contributed by atoms with Crippen molar-refractivity contribution in [1.82, 2.24) is 0 Å². The molecule has 0 bridgehead atoms. The summed E-state index contributed by atoms with van der Waals surface area (Å²) in [5.74, 6) is -0.539. The molecule has 0 fully saturated rings. The molecular weight excluding hydrogens is 232 g/mol. The third kappa shape index (κ3) is 2.30. The number of hydrogen-bond acceptors (Lipinski definition) is 2. The average Bonchev–Trinajstić information content (AvgIpc) is 2.08. The molecule has 4 heteroatoms. The Labute approximate surface area is 84.3 Å². The van der Waals surface area contributed by atoms with Crippen LogP contribution in [0.25, 0.3) is 0 Å². The van der Waals surface area contributed by atoms with Crippen LogP contribution in [0.4, 0.5) is 0 Å². The SMILES string of the molecule is N#C[CH]c1ccc(Br)cc1C(N)=O. The summed E-state index contributed by atoms with van der Waals surface area (Å²) in [5, 5.41) is 8.43. The van der Waals surface area contributed by atoms with E-state index < -0.39 is 5.91 Å². The molecule has 0 unspecified atom stereocenters. The molecule has 0 heterocycles. The number of carbonyl (C=O) groups is 1. The lowest BCUT2D eigenvalue weighted by atomic mass is 10.1. The predicted octanol–water partition coefficient (Wildman–Crippen LogP) is 1.62. The molecule has 1 amide bonds. The van der Waals surface area contributed by atoms with E-state index in [1.807, 2.05) is 6.07 Å². The summed E-state index contributed by atoms with van der Waals surface area (Å²) in [7, 11) is 0. The van der Waals surface area contributed by atoms with Crippen molar-refractivity contribution < 1.29 is 4.79 Å². The van der Waals surface area contributed by atoms with Gasteiger partial charge in [-0.1, -0.05) is 22.0 Å². The molecule has 0 aliphatic carbocycles. The molecule has 0 atom stereocenters. The number of benzene rings is 1. The van der Waals surface area contributed by atoms with E-state index in [-0.39, 0.29) is 0 Å². The molecule has 13 heavy (non-hydrogen) atoms. The minimum atomic E-state index is -0.539. The highest BCUT2D eigenvalue weighted by Crippen LogP contribution is 2.17. The number of carbonyl (C=O) groups excluding carboxylic acids is 1. The zero-order valence-corrected chi connectivity index (χ0v) is 8.21. The van der Waals surface area contributed by atoms with Crippen LogP contribution < -0.4 is 5.73 Å². The van der Waals surface area contributed by atoms with E-state index >= 15 is 0 Å². The van der Waals surface area contributed by atoms with E-state index in [1.165, 1.54) is 6.42 Å². The van der Waals surface area contributed by atoms with E-state index in [2.05, 4.69) is 15.9 Å². The molecule has 0 aliphatic rings. The van der Waals surface area contributed by atoms with Crippen LogP contribution in [0, 0.1) is 17.8 Å². The zero-order valence-electron chi connectivity index (χ0n) is 6.62. The summed E-state index contributed by atoms with van der Waals surface area (Å²) in [4.78, 5) is 10.9. The molecular formula is C9H6BrN2O. The number of rotatable bonds is 2. The van der Waals surface area contributed by atoms with Crippen molar-refractivity contribution in [3.63, 3.8) is 0 Å². The van der Waals surface area contributed by atoms with Gasteiger partial charge in [0.25, 0.3) is 0 Å². The maximum Gasteiger partial charge on any atom is 0.249 e. The Bertz CT molecular complexity index is 382. The second kappa shape index (κ2) is 4.06. The van der Waals surface area contributed by atoms with E-state index in [4.69, 9.17) is 11.0 Å². The number of primary amides is 1. The number of nitrogens with zero attached hydrogens (tertiary/aromatic N) is 1. The van der Waals surface area contributed by atoms with Crippen molar-refractivity contribution in [2.45, 2.75) is 0 Å². The Morgan fingerprint density at radius 3 is 2.85 bits per heavy atom.